The quantitative estimate of drug-likeness (QED) is 0.0127. The average molecular weight is 1450 g/mol. The fourth-order valence-electron chi connectivity index (χ4n) is 9.36. The van der Waals surface area contributed by atoms with E-state index in [0.29, 0.717) is 12.0 Å². The third kappa shape index (κ3) is 32.8. The van der Waals surface area contributed by atoms with E-state index < -0.39 is 168 Å². The molecule has 0 unspecified atom stereocenters. The number of aliphatic imine (C=N–C) groups is 2. The first-order valence-corrected chi connectivity index (χ1v) is 33.7. The maximum absolute atomic E-state index is 14.3. The van der Waals surface area contributed by atoms with Gasteiger partial charge in [0.05, 0.1) is 19.0 Å². The van der Waals surface area contributed by atoms with Crippen LogP contribution in [-0.4, -0.2) is 204 Å². The number of carbonyl (C=O) groups excluding carboxylic acids is 13. The van der Waals surface area contributed by atoms with Crippen LogP contribution in [0.2, 0.25) is 0 Å². The molecule has 550 valence electrons. The first-order valence-electron chi connectivity index (χ1n) is 31.8. The highest BCUT2D eigenvalue weighted by atomic mass is 32.1. The Morgan fingerprint density at radius 1 is 0.434 bits per heavy atom. The molecule has 0 aromatic heterocycles. The average Bonchev–Trinajstić information content (AvgIpc) is 0.879. The van der Waals surface area contributed by atoms with Gasteiger partial charge in [-0.15, -0.1) is 0 Å². The molecule has 0 fully saturated rings. The van der Waals surface area contributed by atoms with Gasteiger partial charge < -0.3 is 109 Å². The number of primary amides is 2. The van der Waals surface area contributed by atoms with Gasteiger partial charge in [-0.05, 0) is 93.0 Å². The van der Waals surface area contributed by atoms with E-state index >= 15 is 0 Å². The van der Waals surface area contributed by atoms with Gasteiger partial charge in [-0.1, -0.05) is 70.2 Å². The van der Waals surface area contributed by atoms with Gasteiger partial charge in [-0.2, -0.15) is 37.9 Å². The van der Waals surface area contributed by atoms with Crippen LogP contribution in [0.4, 0.5) is 0 Å². The molecule has 11 atom stereocenters. The largest absolute Gasteiger partial charge is 0.508 e. The van der Waals surface area contributed by atoms with Crippen LogP contribution < -0.4 is 104 Å². The SMILES string of the molecule is CC(C)[C@H](NC(=O)[C@H](CS)NC(=O)[C@@H](NC(=O)[C@H](CCCN=C(N)N)NC(=O)[C@H](CCCCN)NC(=O)CNC(=O)[C@H](CC(N)=O)NC(=O)[C@H](CS)NC(=O)[C@H](Cc1ccc(O)cc1)NC(=O)[C@@H](N)Cc1ccccc1)C(C)C)C(=O)N[C@@H](CS)C(=O)N[C@@H](CCCN=C(N)N)C(N)=O. The molecule has 0 heterocycles. The molecule has 0 aliphatic carbocycles. The summed E-state index contributed by atoms with van der Waals surface area (Å²) in [6, 6.07) is -0.477. The number of benzene rings is 2. The highest BCUT2D eigenvalue weighted by molar-refractivity contribution is 7.80. The zero-order chi connectivity index (χ0) is 74.5. The number of guanidine groups is 2. The number of hydrogen-bond acceptors (Lipinski definition) is 21. The molecule has 2 aromatic rings. The van der Waals surface area contributed by atoms with E-state index in [9.17, 15) is 67.4 Å². The van der Waals surface area contributed by atoms with Crippen molar-refractivity contribution in [2.45, 2.75) is 158 Å². The van der Waals surface area contributed by atoms with Gasteiger partial charge in [0.2, 0.25) is 76.8 Å². The molecule has 38 heteroatoms. The second kappa shape index (κ2) is 45.4. The third-order valence-electron chi connectivity index (χ3n) is 14.8. The van der Waals surface area contributed by atoms with E-state index in [4.69, 9.17) is 45.9 Å². The minimum Gasteiger partial charge on any atom is -0.508 e. The van der Waals surface area contributed by atoms with Gasteiger partial charge in [0.1, 0.15) is 66.2 Å². The summed E-state index contributed by atoms with van der Waals surface area (Å²) in [5.74, 6) is -14.5. The highest BCUT2D eigenvalue weighted by Gasteiger charge is 2.37. The van der Waals surface area contributed by atoms with Crippen LogP contribution >= 0.6 is 37.9 Å². The van der Waals surface area contributed by atoms with Crippen LogP contribution in [0.25, 0.3) is 0 Å². The highest BCUT2D eigenvalue weighted by Crippen LogP contribution is 2.14. The van der Waals surface area contributed by atoms with Crippen LogP contribution in [0, 0.1) is 11.8 Å². The maximum atomic E-state index is 14.3. The van der Waals surface area contributed by atoms with Crippen molar-refractivity contribution in [2.24, 2.45) is 67.7 Å². The standard InChI is InChI=1S/C61H99N21O14S3/c1-31(2)47(58(95)80-44(30-99)57(94)82-48(32(3)4)59(96)79-43(29-98)55(92)74-37(49(65)86)15-10-22-70-60(66)67)81-53(90)39(16-11-23-71-61(68)69)75-52(89)38(14-8-9-21-62)73-46(85)27-72-51(88)41(26-45(64)84)77-56(93)42(28-97)78-54(91)40(25-34-17-19-35(83)20-18-34)76-50(87)36(63)24-33-12-6-5-7-13-33/h5-7,12-13,17-20,31-32,36-44,47-48,83,97-99H,8-11,14-16,21-30,62-63H2,1-4H3,(H2,64,84)(H2,65,86)(H,72,88)(H,73,85)(H,74,92)(H,75,89)(H,76,87)(H,77,93)(H,78,91)(H,79,96)(H,80,95)(H,81,90)(H,82,94)(H4,66,67,70)(H4,68,69,71)/t36-,37-,38-,39-,40-,41-,42-,43-,44-,47-,48-/m0/s1. The van der Waals surface area contributed by atoms with Gasteiger partial charge in [-0.3, -0.25) is 72.3 Å². The third-order valence-corrected chi connectivity index (χ3v) is 15.9. The van der Waals surface area contributed by atoms with Crippen LogP contribution in [0.5, 0.6) is 5.75 Å². The molecular formula is C61H99N21O14S3. The van der Waals surface area contributed by atoms with Crippen molar-refractivity contribution in [3.05, 3.63) is 65.7 Å². The molecule has 0 bridgehead atoms. The Bertz CT molecular complexity index is 3090. The summed E-state index contributed by atoms with van der Waals surface area (Å²) in [5.41, 5.74) is 45.9. The number of aromatic hydroxyl groups is 1. The van der Waals surface area contributed by atoms with Gasteiger partial charge in [0.15, 0.2) is 11.9 Å². The Balaban J connectivity index is 2.29. The lowest BCUT2D eigenvalue weighted by atomic mass is 10.0. The summed E-state index contributed by atoms with van der Waals surface area (Å²) in [5, 5.41) is 37.4. The lowest BCUT2D eigenvalue weighted by Gasteiger charge is -2.29. The van der Waals surface area contributed by atoms with Gasteiger partial charge >= 0.3 is 0 Å². The summed E-state index contributed by atoms with van der Waals surface area (Å²) >= 11 is 12.7. The van der Waals surface area contributed by atoms with Crippen LogP contribution in [0.1, 0.15) is 90.2 Å². The molecule has 0 radical (unpaired) electrons. The number of rotatable bonds is 46. The first-order chi connectivity index (χ1) is 46.7. The zero-order valence-corrected chi connectivity index (χ0v) is 58.5. The zero-order valence-electron chi connectivity index (χ0n) is 55.8. The summed E-state index contributed by atoms with van der Waals surface area (Å²) in [6.45, 7) is 5.82. The molecule has 35 nitrogen and oxygen atoms in total. The minimum absolute atomic E-state index is 0.0174. The topological polar surface area (TPSA) is 607 Å². The number of phenolic OH excluding ortho intramolecular Hbond substituents is 1. The minimum atomic E-state index is -1.74. The van der Waals surface area contributed by atoms with Crippen LogP contribution in [-0.2, 0) is 75.2 Å². The summed E-state index contributed by atoms with van der Waals surface area (Å²) in [7, 11) is 0. The van der Waals surface area contributed by atoms with E-state index in [0.717, 1.165) is 5.56 Å². The number of nitrogens with one attached hydrogen (secondary N) is 11. The summed E-state index contributed by atoms with van der Waals surface area (Å²) < 4.78 is 0. The number of amides is 13. The van der Waals surface area contributed by atoms with Gasteiger partial charge in [-0.25, -0.2) is 0 Å². The van der Waals surface area contributed by atoms with E-state index in [-0.39, 0.29) is 106 Å². The van der Waals surface area contributed by atoms with Crippen molar-refractivity contribution < 1.29 is 67.4 Å². The Morgan fingerprint density at radius 3 is 1.29 bits per heavy atom. The van der Waals surface area contributed by atoms with Crippen molar-refractivity contribution >= 4 is 127 Å². The first kappa shape index (κ1) is 85.9. The maximum Gasteiger partial charge on any atom is 0.244 e. The monoisotopic (exact) mass is 1450 g/mol. The van der Waals surface area contributed by atoms with E-state index in [1.54, 1.807) is 58.0 Å². The Hall–Kier alpha value is -9.14. The fraction of sp³-hybridized carbons (Fsp3) is 0.557. The second-order valence-corrected chi connectivity index (χ2v) is 24.8. The van der Waals surface area contributed by atoms with Gasteiger partial charge in [0.25, 0.3) is 0 Å². The molecular weight excluding hydrogens is 1350 g/mol. The van der Waals surface area contributed by atoms with Crippen LogP contribution in [0.15, 0.2) is 64.6 Å². The number of phenols is 1. The number of nitrogens with two attached hydrogens (primary N) is 8. The molecule has 2 rings (SSSR count). The summed E-state index contributed by atoms with van der Waals surface area (Å²) in [4.78, 5) is 184. The predicted octanol–water partition coefficient (Wildman–Crippen LogP) is -6.83. The molecule has 0 aliphatic rings. The molecule has 13 amide bonds. The fourth-order valence-corrected chi connectivity index (χ4v) is 10.1. The molecule has 28 N–H and O–H groups in total. The molecule has 2 aromatic carbocycles. The predicted molar refractivity (Wildman–Crippen MR) is 379 cm³/mol. The van der Waals surface area contributed by atoms with Crippen molar-refractivity contribution in [1.29, 1.82) is 0 Å². The van der Waals surface area contributed by atoms with Crippen molar-refractivity contribution in [3.63, 3.8) is 0 Å². The lowest BCUT2D eigenvalue weighted by molar-refractivity contribution is -0.136. The van der Waals surface area contributed by atoms with Gasteiger partial charge in [0, 0.05) is 36.8 Å². The molecule has 0 saturated heterocycles. The van der Waals surface area contributed by atoms with Crippen molar-refractivity contribution in [3.8, 4) is 5.75 Å². The number of nitrogens with zero attached hydrogens (tertiary/aromatic N) is 2. The van der Waals surface area contributed by atoms with E-state index in [1.165, 1.54) is 24.3 Å². The number of unbranched alkanes of at least 4 members (excludes halogenated alkanes) is 1. The van der Waals surface area contributed by atoms with E-state index in [2.05, 4.69) is 106 Å². The Kier molecular flexibility index (Phi) is 39.5. The number of carbonyl (C=O) groups is 13. The van der Waals surface area contributed by atoms with Crippen molar-refractivity contribution in [1.82, 2.24) is 58.5 Å². The van der Waals surface area contributed by atoms with Crippen LogP contribution in [0.3, 0.4) is 0 Å². The molecule has 99 heavy (non-hydrogen) atoms. The number of hydrogen-bond donors (Lipinski definition) is 23. The Morgan fingerprint density at radius 2 is 0.828 bits per heavy atom. The molecule has 0 aliphatic heterocycles. The number of thiol groups is 3. The second-order valence-electron chi connectivity index (χ2n) is 23.7. The molecule has 0 saturated carbocycles. The summed E-state index contributed by atoms with van der Waals surface area (Å²) in [6.07, 6.45) is 0.0437. The van der Waals surface area contributed by atoms with E-state index in [1.807, 2.05) is 0 Å². The Labute approximate surface area is 590 Å². The smallest absolute Gasteiger partial charge is 0.244 e. The lowest BCUT2D eigenvalue weighted by Crippen LogP contribution is -2.62. The normalized spacial score (nSPS) is 14.3. The van der Waals surface area contributed by atoms with Crippen molar-refractivity contribution in [2.75, 3.05) is 43.4 Å². The molecule has 0 spiro atoms.